The summed E-state index contributed by atoms with van der Waals surface area (Å²) in [4.78, 5) is 0. The molecule has 1 aromatic carbocycles. The molecule has 0 spiro atoms. The Hall–Kier alpha value is -1.02. The number of aromatic hydroxyl groups is 1. The largest absolute Gasteiger partial charge is 0.508 e. The number of rotatable bonds is 4. The van der Waals surface area contributed by atoms with E-state index in [1.54, 1.807) is 0 Å². The van der Waals surface area contributed by atoms with Crippen molar-refractivity contribution in [3.05, 3.63) is 29.8 Å². The van der Waals surface area contributed by atoms with Gasteiger partial charge in [-0.3, -0.25) is 0 Å². The second-order valence-electron chi connectivity index (χ2n) is 7.64. The van der Waals surface area contributed by atoms with Crippen molar-refractivity contribution in [3.8, 4) is 5.75 Å². The summed E-state index contributed by atoms with van der Waals surface area (Å²) >= 11 is 0. The lowest BCUT2D eigenvalue weighted by molar-refractivity contribution is -0.0180. The fourth-order valence-electron chi connectivity index (χ4n) is 5.64. The van der Waals surface area contributed by atoms with Gasteiger partial charge in [-0.25, -0.2) is 0 Å². The molecule has 0 amide bonds. The Morgan fingerprint density at radius 3 is 2.24 bits per heavy atom. The lowest BCUT2D eigenvalue weighted by atomic mass is 9.54. The number of hydrogen-bond donors (Lipinski definition) is 2. The average Bonchev–Trinajstić information content (AvgIpc) is 2.47. The van der Waals surface area contributed by atoms with Crippen molar-refractivity contribution in [2.24, 2.45) is 23.7 Å². The van der Waals surface area contributed by atoms with Crippen LogP contribution < -0.4 is 5.32 Å². The van der Waals surface area contributed by atoms with E-state index in [0.717, 1.165) is 35.7 Å². The van der Waals surface area contributed by atoms with Crippen LogP contribution >= 0.6 is 0 Å². The molecule has 1 atom stereocenters. The molecule has 0 radical (unpaired) electrons. The third-order valence-electron chi connectivity index (χ3n) is 6.34. The first-order valence-corrected chi connectivity index (χ1v) is 8.78. The van der Waals surface area contributed by atoms with Crippen LogP contribution in [0.3, 0.4) is 0 Å². The summed E-state index contributed by atoms with van der Waals surface area (Å²) in [7, 11) is 0. The molecule has 4 saturated carbocycles. The molecule has 4 fully saturated rings. The Bertz CT molecular complexity index is 484. The minimum absolute atomic E-state index is 0.300. The van der Waals surface area contributed by atoms with E-state index in [9.17, 15) is 5.11 Å². The molecule has 2 heteroatoms. The number of nitrogens with one attached hydrogen (secondary N) is 1. The molecule has 0 aromatic heterocycles. The van der Waals surface area contributed by atoms with Gasteiger partial charge in [0.25, 0.3) is 0 Å². The molecular formula is C19H27NO. The van der Waals surface area contributed by atoms with Crippen LogP contribution in [0, 0.1) is 23.7 Å². The predicted octanol–water partition coefficient (Wildman–Crippen LogP) is 4.26. The zero-order chi connectivity index (χ0) is 14.4. The maximum atomic E-state index is 10.2. The number of phenolic OH excluding ortho intramolecular Hbond substituents is 1. The summed E-state index contributed by atoms with van der Waals surface area (Å²) in [5.74, 6) is 4.27. The molecule has 4 bridgehead atoms. The average molecular weight is 285 g/mol. The molecule has 4 aliphatic rings. The van der Waals surface area contributed by atoms with Gasteiger partial charge in [0, 0.05) is 17.6 Å². The van der Waals surface area contributed by atoms with E-state index in [1.807, 2.05) is 18.2 Å². The lowest BCUT2D eigenvalue weighted by Gasteiger charge is -2.55. The summed E-state index contributed by atoms with van der Waals surface area (Å²) < 4.78 is 0. The maximum absolute atomic E-state index is 10.2. The predicted molar refractivity (Wildman–Crippen MR) is 85.1 cm³/mol. The summed E-state index contributed by atoms with van der Waals surface area (Å²) in [6.07, 6.45) is 8.34. The van der Waals surface area contributed by atoms with Gasteiger partial charge in [-0.05, 0) is 68.3 Å². The van der Waals surface area contributed by atoms with Crippen LogP contribution in [0.4, 0.5) is 0 Å². The Kier molecular flexibility index (Phi) is 3.45. The smallest absolute Gasteiger partial charge is 0.120 e. The number of phenols is 1. The number of para-hydroxylation sites is 1. The molecule has 21 heavy (non-hydrogen) atoms. The summed E-state index contributed by atoms with van der Waals surface area (Å²) in [5, 5.41) is 14.1. The molecule has 114 valence electrons. The van der Waals surface area contributed by atoms with Gasteiger partial charge >= 0.3 is 0 Å². The topological polar surface area (TPSA) is 32.3 Å². The molecule has 1 aromatic rings. The highest BCUT2D eigenvalue weighted by Crippen LogP contribution is 2.54. The van der Waals surface area contributed by atoms with E-state index in [-0.39, 0.29) is 0 Å². The van der Waals surface area contributed by atoms with E-state index in [0.29, 0.717) is 17.8 Å². The van der Waals surface area contributed by atoms with Crippen LogP contribution in [0.5, 0.6) is 5.75 Å². The van der Waals surface area contributed by atoms with Gasteiger partial charge in [0.2, 0.25) is 0 Å². The van der Waals surface area contributed by atoms with E-state index >= 15 is 0 Å². The molecule has 0 heterocycles. The fourth-order valence-corrected chi connectivity index (χ4v) is 5.64. The molecule has 0 saturated heterocycles. The normalized spacial score (nSPS) is 38.6. The Morgan fingerprint density at radius 2 is 1.67 bits per heavy atom. The second kappa shape index (κ2) is 5.31. The van der Waals surface area contributed by atoms with Crippen LogP contribution in [0.2, 0.25) is 0 Å². The molecular weight excluding hydrogens is 258 g/mol. The van der Waals surface area contributed by atoms with Gasteiger partial charge in [0.05, 0.1) is 0 Å². The van der Waals surface area contributed by atoms with Gasteiger partial charge in [-0.15, -0.1) is 0 Å². The van der Waals surface area contributed by atoms with Gasteiger partial charge in [-0.1, -0.05) is 25.1 Å². The number of hydrogen-bond acceptors (Lipinski definition) is 2. The first-order chi connectivity index (χ1) is 10.2. The monoisotopic (exact) mass is 285 g/mol. The lowest BCUT2D eigenvalue weighted by Crippen LogP contribution is -2.55. The first kappa shape index (κ1) is 13.6. The van der Waals surface area contributed by atoms with Crippen molar-refractivity contribution < 1.29 is 5.11 Å². The Morgan fingerprint density at radius 1 is 1.05 bits per heavy atom. The van der Waals surface area contributed by atoms with Gasteiger partial charge in [-0.2, -0.15) is 0 Å². The van der Waals surface area contributed by atoms with Crippen molar-refractivity contribution in [1.29, 1.82) is 0 Å². The van der Waals surface area contributed by atoms with Crippen LogP contribution in [-0.4, -0.2) is 11.1 Å². The third kappa shape index (κ3) is 2.38. The summed E-state index contributed by atoms with van der Waals surface area (Å²) in [6.45, 7) is 2.22. The molecule has 2 N–H and O–H groups in total. The van der Waals surface area contributed by atoms with Crippen LogP contribution in [0.25, 0.3) is 0 Å². The molecule has 4 aliphatic carbocycles. The Labute approximate surface area is 128 Å². The van der Waals surface area contributed by atoms with E-state index in [4.69, 9.17) is 0 Å². The van der Waals surface area contributed by atoms with Crippen LogP contribution in [0.15, 0.2) is 24.3 Å². The van der Waals surface area contributed by atoms with Crippen LogP contribution in [-0.2, 0) is 0 Å². The molecule has 1 unspecified atom stereocenters. The fraction of sp³-hybridized carbons (Fsp3) is 0.684. The zero-order valence-electron chi connectivity index (χ0n) is 13.0. The van der Waals surface area contributed by atoms with E-state index in [2.05, 4.69) is 18.3 Å². The standard InChI is InChI=1S/C19H27NO/c1-2-17(16-5-3-4-6-18(16)21)20-19-14-8-12-7-13(10-14)11-15(19)9-12/h3-6,12-15,17,19-21H,2,7-11H2,1H3. The third-order valence-corrected chi connectivity index (χ3v) is 6.34. The molecule has 2 nitrogen and oxygen atoms in total. The summed E-state index contributed by atoms with van der Waals surface area (Å²) in [6, 6.07) is 8.82. The first-order valence-electron chi connectivity index (χ1n) is 8.78. The van der Waals surface area contributed by atoms with Crippen molar-refractivity contribution in [2.75, 3.05) is 0 Å². The zero-order valence-corrected chi connectivity index (χ0v) is 13.0. The van der Waals surface area contributed by atoms with Crippen molar-refractivity contribution in [1.82, 2.24) is 5.32 Å². The van der Waals surface area contributed by atoms with Gasteiger partial charge in [0.1, 0.15) is 5.75 Å². The van der Waals surface area contributed by atoms with E-state index in [1.165, 1.54) is 32.1 Å². The minimum atomic E-state index is 0.300. The quantitative estimate of drug-likeness (QED) is 0.866. The van der Waals surface area contributed by atoms with E-state index < -0.39 is 0 Å². The number of benzene rings is 1. The molecule has 5 rings (SSSR count). The van der Waals surface area contributed by atoms with Gasteiger partial charge in [0.15, 0.2) is 0 Å². The highest BCUT2D eigenvalue weighted by molar-refractivity contribution is 5.34. The van der Waals surface area contributed by atoms with Crippen molar-refractivity contribution in [2.45, 2.75) is 57.5 Å². The van der Waals surface area contributed by atoms with Gasteiger partial charge < -0.3 is 10.4 Å². The minimum Gasteiger partial charge on any atom is -0.508 e. The summed E-state index contributed by atoms with van der Waals surface area (Å²) in [5.41, 5.74) is 1.08. The maximum Gasteiger partial charge on any atom is 0.120 e. The molecule has 0 aliphatic heterocycles. The second-order valence-corrected chi connectivity index (χ2v) is 7.64. The van der Waals surface area contributed by atoms with Crippen LogP contribution in [0.1, 0.15) is 57.1 Å². The SMILES string of the molecule is CCC(NC1C2CC3CC(C2)CC1C3)c1ccccc1O. The highest BCUT2D eigenvalue weighted by Gasteiger charge is 2.48. The highest BCUT2D eigenvalue weighted by atomic mass is 16.3. The Balaban J connectivity index is 1.53. The van der Waals surface area contributed by atoms with Crippen molar-refractivity contribution >= 4 is 0 Å². The van der Waals surface area contributed by atoms with Crippen molar-refractivity contribution in [3.63, 3.8) is 0 Å².